The number of aromatic nitrogens is 4. The minimum Gasteiger partial charge on any atom is -0.496 e. The van der Waals surface area contributed by atoms with Gasteiger partial charge in [-0.15, -0.1) is 5.10 Å². The van der Waals surface area contributed by atoms with E-state index in [1.54, 1.807) is 32.0 Å². The number of tetrazole rings is 1. The molecule has 112 valence electrons. The van der Waals surface area contributed by atoms with Gasteiger partial charge in [0, 0.05) is 5.02 Å². The van der Waals surface area contributed by atoms with Gasteiger partial charge in [0.15, 0.2) is 11.4 Å². The molecule has 0 radical (unpaired) electrons. The zero-order valence-corrected chi connectivity index (χ0v) is 12.6. The number of ether oxygens (including phenoxy) is 1. The van der Waals surface area contributed by atoms with Crippen LogP contribution in [-0.2, 0) is 10.3 Å². The van der Waals surface area contributed by atoms with E-state index in [-0.39, 0.29) is 0 Å². The van der Waals surface area contributed by atoms with Crippen LogP contribution in [0.5, 0.6) is 5.75 Å². The maximum atomic E-state index is 11.6. The van der Waals surface area contributed by atoms with E-state index in [1.165, 1.54) is 11.8 Å². The van der Waals surface area contributed by atoms with Crippen LogP contribution in [0.1, 0.15) is 20.3 Å². The second-order valence-corrected chi connectivity index (χ2v) is 5.13. The molecule has 0 saturated carbocycles. The number of carboxylic acids is 1. The van der Waals surface area contributed by atoms with E-state index >= 15 is 0 Å². The van der Waals surface area contributed by atoms with Crippen LogP contribution in [-0.4, -0.2) is 38.4 Å². The second-order valence-electron chi connectivity index (χ2n) is 4.69. The highest BCUT2D eigenvalue weighted by Gasteiger charge is 2.37. The van der Waals surface area contributed by atoms with Crippen molar-refractivity contribution in [3.63, 3.8) is 0 Å². The lowest BCUT2D eigenvalue weighted by molar-refractivity contribution is -0.147. The Morgan fingerprint density at radius 2 is 2.24 bits per heavy atom. The number of rotatable bonds is 5. The molecule has 7 nitrogen and oxygen atoms in total. The largest absolute Gasteiger partial charge is 0.496 e. The van der Waals surface area contributed by atoms with Crippen molar-refractivity contribution in [2.45, 2.75) is 25.8 Å². The van der Waals surface area contributed by atoms with Gasteiger partial charge in [-0.2, -0.15) is 0 Å². The number of carboxylic acid groups (broad SMARTS) is 1. The lowest BCUT2D eigenvalue weighted by atomic mass is 9.99. The minimum atomic E-state index is -1.25. The molecule has 21 heavy (non-hydrogen) atoms. The Hall–Kier alpha value is -2.15. The topological polar surface area (TPSA) is 90.1 Å². The molecule has 8 heteroatoms. The molecule has 0 saturated heterocycles. The molecule has 2 aromatic rings. The monoisotopic (exact) mass is 310 g/mol. The summed E-state index contributed by atoms with van der Waals surface area (Å²) in [6.45, 7) is 3.33. The summed E-state index contributed by atoms with van der Waals surface area (Å²) in [7, 11) is 1.50. The molecule has 1 aromatic carbocycles. The Labute approximate surface area is 126 Å². The van der Waals surface area contributed by atoms with Gasteiger partial charge in [0.25, 0.3) is 0 Å². The van der Waals surface area contributed by atoms with E-state index in [4.69, 9.17) is 16.3 Å². The molecule has 2 rings (SSSR count). The molecule has 1 aromatic heterocycles. The molecule has 0 spiro atoms. The zero-order valence-electron chi connectivity index (χ0n) is 11.9. The Kier molecular flexibility index (Phi) is 4.13. The van der Waals surface area contributed by atoms with Crippen molar-refractivity contribution in [2.75, 3.05) is 7.11 Å². The van der Waals surface area contributed by atoms with Gasteiger partial charge < -0.3 is 9.84 Å². The zero-order chi connectivity index (χ0) is 15.6. The van der Waals surface area contributed by atoms with Crippen LogP contribution >= 0.6 is 11.6 Å². The first-order chi connectivity index (χ1) is 9.93. The molecule has 0 amide bonds. The van der Waals surface area contributed by atoms with Gasteiger partial charge in [-0.1, -0.05) is 18.5 Å². The Morgan fingerprint density at radius 3 is 2.81 bits per heavy atom. The number of nitrogens with zero attached hydrogens (tertiary/aromatic N) is 4. The summed E-state index contributed by atoms with van der Waals surface area (Å²) in [4.78, 5) is 11.6. The summed E-state index contributed by atoms with van der Waals surface area (Å²) in [5.74, 6) is -0.218. The molecule has 0 aliphatic heterocycles. The third kappa shape index (κ3) is 2.56. The third-order valence-electron chi connectivity index (χ3n) is 3.49. The van der Waals surface area contributed by atoms with Crippen LogP contribution in [0, 0.1) is 0 Å². The van der Waals surface area contributed by atoms with E-state index in [0.717, 1.165) is 0 Å². The van der Waals surface area contributed by atoms with Crippen molar-refractivity contribution in [3.05, 3.63) is 23.2 Å². The summed E-state index contributed by atoms with van der Waals surface area (Å²) in [6, 6.07) is 4.99. The fraction of sp³-hybridized carbons (Fsp3) is 0.385. The summed E-state index contributed by atoms with van der Waals surface area (Å²) in [6.07, 6.45) is 0.330. The first-order valence-corrected chi connectivity index (χ1v) is 6.68. The van der Waals surface area contributed by atoms with Gasteiger partial charge in [-0.05, 0) is 42.0 Å². The predicted octanol–water partition coefficient (Wildman–Crippen LogP) is 2.21. The minimum absolute atomic E-state index is 0.315. The van der Waals surface area contributed by atoms with E-state index in [9.17, 15) is 9.90 Å². The third-order valence-corrected chi connectivity index (χ3v) is 3.73. The van der Waals surface area contributed by atoms with Crippen LogP contribution in [0.15, 0.2) is 18.2 Å². The van der Waals surface area contributed by atoms with E-state index < -0.39 is 11.5 Å². The van der Waals surface area contributed by atoms with Crippen LogP contribution in [0.25, 0.3) is 11.4 Å². The standard InChI is InChI=1S/C13H15ClN4O3/c1-4-13(2,12(19)20)18-11(15-16-17-18)9-6-5-8(14)7-10(9)21-3/h5-7H,4H2,1-3H3,(H,19,20). The average Bonchev–Trinajstić information content (AvgIpc) is 2.95. The van der Waals surface area contributed by atoms with Gasteiger partial charge in [0.2, 0.25) is 0 Å². The number of methoxy groups -OCH3 is 1. The number of halogens is 1. The van der Waals surface area contributed by atoms with Crippen LogP contribution < -0.4 is 4.74 Å². The van der Waals surface area contributed by atoms with Gasteiger partial charge in [0.05, 0.1) is 12.7 Å². The smallest absolute Gasteiger partial charge is 0.331 e. The van der Waals surface area contributed by atoms with Crippen molar-refractivity contribution in [1.82, 2.24) is 20.2 Å². The Balaban J connectivity index is 2.63. The number of hydrogen-bond donors (Lipinski definition) is 1. The normalized spacial score (nSPS) is 13.7. The molecular weight excluding hydrogens is 296 g/mol. The van der Waals surface area contributed by atoms with Crippen molar-refractivity contribution in [1.29, 1.82) is 0 Å². The van der Waals surface area contributed by atoms with E-state index in [2.05, 4.69) is 15.5 Å². The molecule has 1 heterocycles. The second kappa shape index (κ2) is 5.69. The molecule has 1 atom stereocenters. The molecule has 1 N–H and O–H groups in total. The van der Waals surface area contributed by atoms with Crippen LogP contribution in [0.3, 0.4) is 0 Å². The first kappa shape index (κ1) is 15.2. The first-order valence-electron chi connectivity index (χ1n) is 6.30. The highest BCUT2D eigenvalue weighted by atomic mass is 35.5. The van der Waals surface area contributed by atoms with Gasteiger partial charge in [-0.25, -0.2) is 9.48 Å². The van der Waals surface area contributed by atoms with Crippen molar-refractivity contribution in [2.24, 2.45) is 0 Å². The van der Waals surface area contributed by atoms with Gasteiger partial charge in [-0.3, -0.25) is 0 Å². The van der Waals surface area contributed by atoms with Crippen molar-refractivity contribution < 1.29 is 14.6 Å². The van der Waals surface area contributed by atoms with E-state index in [1.807, 2.05) is 0 Å². The van der Waals surface area contributed by atoms with Crippen molar-refractivity contribution >= 4 is 17.6 Å². The molecule has 1 unspecified atom stereocenters. The molecule has 0 fully saturated rings. The van der Waals surface area contributed by atoms with Crippen LogP contribution in [0.4, 0.5) is 0 Å². The maximum Gasteiger partial charge on any atom is 0.331 e. The Morgan fingerprint density at radius 1 is 1.52 bits per heavy atom. The van der Waals surface area contributed by atoms with Crippen LogP contribution in [0.2, 0.25) is 5.02 Å². The quantitative estimate of drug-likeness (QED) is 0.910. The summed E-state index contributed by atoms with van der Waals surface area (Å²) >= 11 is 5.93. The summed E-state index contributed by atoms with van der Waals surface area (Å²) in [5, 5.41) is 21.4. The van der Waals surface area contributed by atoms with Crippen molar-refractivity contribution in [3.8, 4) is 17.1 Å². The number of benzene rings is 1. The fourth-order valence-corrected chi connectivity index (χ4v) is 2.09. The lowest BCUT2D eigenvalue weighted by Gasteiger charge is -2.24. The molecular formula is C13H15ClN4O3. The fourth-order valence-electron chi connectivity index (χ4n) is 1.93. The molecule has 0 bridgehead atoms. The Bertz CT molecular complexity index is 673. The summed E-state index contributed by atoms with van der Waals surface area (Å²) < 4.78 is 6.56. The molecule has 0 aliphatic rings. The SMILES string of the molecule is CCC(C)(C(=O)O)n1nnnc1-c1ccc(Cl)cc1OC. The van der Waals surface area contributed by atoms with Gasteiger partial charge >= 0.3 is 5.97 Å². The average molecular weight is 311 g/mol. The van der Waals surface area contributed by atoms with E-state index in [0.29, 0.717) is 28.6 Å². The summed E-state index contributed by atoms with van der Waals surface area (Å²) in [5.41, 5.74) is -0.670. The highest BCUT2D eigenvalue weighted by molar-refractivity contribution is 6.30. The highest BCUT2D eigenvalue weighted by Crippen LogP contribution is 2.33. The number of carbonyl (C=O) groups is 1. The maximum absolute atomic E-state index is 11.6. The number of hydrogen-bond acceptors (Lipinski definition) is 5. The van der Waals surface area contributed by atoms with Gasteiger partial charge in [0.1, 0.15) is 5.75 Å². The number of aliphatic carboxylic acids is 1. The molecule has 0 aliphatic carbocycles. The lowest BCUT2D eigenvalue weighted by Crippen LogP contribution is -2.39. The predicted molar refractivity (Wildman–Crippen MR) is 76.4 cm³/mol.